The van der Waals surface area contributed by atoms with Crippen LogP contribution < -0.4 is 15.0 Å². The lowest BCUT2D eigenvalue weighted by Crippen LogP contribution is -3.17. The van der Waals surface area contributed by atoms with E-state index in [-0.39, 0.29) is 23.8 Å². The van der Waals surface area contributed by atoms with Crippen LogP contribution in [0.3, 0.4) is 0 Å². The van der Waals surface area contributed by atoms with E-state index in [0.717, 1.165) is 37.2 Å². The minimum Gasteiger partial charge on any atom is -0.497 e. The number of methoxy groups -OCH3 is 1. The summed E-state index contributed by atoms with van der Waals surface area (Å²) in [5, 5.41) is 3.00. The van der Waals surface area contributed by atoms with E-state index in [0.29, 0.717) is 13.2 Å². The van der Waals surface area contributed by atoms with Crippen molar-refractivity contribution in [1.82, 2.24) is 5.32 Å². The van der Waals surface area contributed by atoms with Gasteiger partial charge in [0.2, 0.25) is 0 Å². The third-order valence-electron chi connectivity index (χ3n) is 4.88. The summed E-state index contributed by atoms with van der Waals surface area (Å²) in [6, 6.07) is 7.54. The van der Waals surface area contributed by atoms with E-state index in [2.05, 4.69) is 5.32 Å². The van der Waals surface area contributed by atoms with Gasteiger partial charge in [0.25, 0.3) is 5.91 Å². The normalized spacial score (nSPS) is 21.2. The number of amides is 1. The number of piperidine rings is 1. The highest BCUT2D eigenvalue weighted by molar-refractivity contribution is 5.80. The lowest BCUT2D eigenvalue weighted by molar-refractivity contribution is -0.919. The lowest BCUT2D eigenvalue weighted by atomic mass is 9.96. The fourth-order valence-electron chi connectivity index (χ4n) is 3.19. The zero-order valence-electron chi connectivity index (χ0n) is 15.3. The molecule has 1 amide bonds. The topological polar surface area (TPSA) is 69.1 Å². The van der Waals surface area contributed by atoms with Crippen molar-refractivity contribution < 1.29 is 24.0 Å². The van der Waals surface area contributed by atoms with E-state index >= 15 is 0 Å². The number of carbonyl (C=O) groups excluding carboxylic acids is 2. The second kappa shape index (κ2) is 9.42. The Labute approximate surface area is 149 Å². The van der Waals surface area contributed by atoms with Crippen molar-refractivity contribution >= 4 is 11.9 Å². The van der Waals surface area contributed by atoms with Gasteiger partial charge in [-0.1, -0.05) is 12.1 Å². The van der Waals surface area contributed by atoms with Gasteiger partial charge >= 0.3 is 5.97 Å². The molecule has 0 bridgehead atoms. The van der Waals surface area contributed by atoms with Crippen LogP contribution in [0, 0.1) is 5.92 Å². The summed E-state index contributed by atoms with van der Waals surface area (Å²) in [5.41, 5.74) is 1.04. The summed E-state index contributed by atoms with van der Waals surface area (Å²) in [5.74, 6) is 0.731. The molecule has 1 atom stereocenters. The first-order valence-corrected chi connectivity index (χ1v) is 8.97. The first-order valence-electron chi connectivity index (χ1n) is 8.97. The summed E-state index contributed by atoms with van der Waals surface area (Å²) in [7, 11) is 1.63. The van der Waals surface area contributed by atoms with Crippen LogP contribution in [-0.4, -0.2) is 44.7 Å². The molecule has 0 radical (unpaired) electrons. The van der Waals surface area contributed by atoms with Gasteiger partial charge in [0.05, 0.1) is 32.7 Å². The largest absolute Gasteiger partial charge is 0.497 e. The Morgan fingerprint density at radius 1 is 1.24 bits per heavy atom. The number of quaternary nitrogens is 1. The van der Waals surface area contributed by atoms with Crippen LogP contribution in [-0.2, 0) is 20.9 Å². The number of carbonyl (C=O) groups is 2. The third kappa shape index (κ3) is 5.46. The summed E-state index contributed by atoms with van der Waals surface area (Å²) in [4.78, 5) is 25.4. The smallest absolute Gasteiger partial charge is 0.309 e. The SMILES string of the molecule is CCOC(=O)C1CC[NH+]([C@H](C)C(=O)NCc2ccc(OC)cc2)CC1. The van der Waals surface area contributed by atoms with Crippen LogP contribution in [0.1, 0.15) is 32.3 Å². The summed E-state index contributed by atoms with van der Waals surface area (Å²) < 4.78 is 10.2. The molecule has 1 aliphatic heterocycles. The Morgan fingerprint density at radius 2 is 1.88 bits per heavy atom. The van der Waals surface area contributed by atoms with Crippen molar-refractivity contribution in [3.63, 3.8) is 0 Å². The molecule has 0 spiro atoms. The molecule has 1 aliphatic rings. The second-order valence-corrected chi connectivity index (χ2v) is 6.47. The van der Waals surface area contributed by atoms with Gasteiger partial charge in [-0.05, 0) is 31.5 Å². The molecule has 138 valence electrons. The maximum absolute atomic E-state index is 12.4. The Bertz CT molecular complexity index is 565. The molecule has 0 aromatic heterocycles. The van der Waals surface area contributed by atoms with E-state index in [1.807, 2.05) is 38.1 Å². The zero-order valence-corrected chi connectivity index (χ0v) is 15.3. The molecule has 1 aromatic carbocycles. The second-order valence-electron chi connectivity index (χ2n) is 6.47. The van der Waals surface area contributed by atoms with E-state index in [1.54, 1.807) is 7.11 Å². The predicted octanol–water partition coefficient (Wildman–Crippen LogP) is 0.558. The minimum absolute atomic E-state index is 0.0155. The molecule has 1 fully saturated rings. The lowest BCUT2D eigenvalue weighted by Gasteiger charge is -2.31. The van der Waals surface area contributed by atoms with Crippen molar-refractivity contribution in [3.05, 3.63) is 29.8 Å². The molecule has 1 saturated heterocycles. The first-order chi connectivity index (χ1) is 12.0. The average molecular weight is 349 g/mol. The van der Waals surface area contributed by atoms with Crippen LogP contribution >= 0.6 is 0 Å². The van der Waals surface area contributed by atoms with Gasteiger partial charge in [-0.15, -0.1) is 0 Å². The number of benzene rings is 1. The van der Waals surface area contributed by atoms with Gasteiger partial charge in [-0.3, -0.25) is 9.59 Å². The third-order valence-corrected chi connectivity index (χ3v) is 4.88. The van der Waals surface area contributed by atoms with Crippen LogP contribution in [0.25, 0.3) is 0 Å². The Balaban J connectivity index is 1.77. The van der Waals surface area contributed by atoms with Crippen LogP contribution in [0.15, 0.2) is 24.3 Å². The number of rotatable bonds is 7. The first kappa shape index (κ1) is 19.2. The van der Waals surface area contributed by atoms with Crippen molar-refractivity contribution in [3.8, 4) is 5.75 Å². The Hall–Kier alpha value is -2.08. The molecule has 0 saturated carbocycles. The van der Waals surface area contributed by atoms with Crippen molar-refractivity contribution in [2.45, 2.75) is 39.3 Å². The monoisotopic (exact) mass is 349 g/mol. The van der Waals surface area contributed by atoms with Crippen molar-refractivity contribution in [2.24, 2.45) is 5.92 Å². The maximum Gasteiger partial charge on any atom is 0.309 e. The van der Waals surface area contributed by atoms with E-state index in [4.69, 9.17) is 9.47 Å². The predicted molar refractivity (Wildman–Crippen MR) is 94.4 cm³/mol. The number of hydrogen-bond donors (Lipinski definition) is 2. The molecule has 6 nitrogen and oxygen atoms in total. The van der Waals surface area contributed by atoms with Crippen LogP contribution in [0.5, 0.6) is 5.75 Å². The molecule has 0 unspecified atom stereocenters. The summed E-state index contributed by atoms with van der Waals surface area (Å²) >= 11 is 0. The quantitative estimate of drug-likeness (QED) is 0.706. The van der Waals surface area contributed by atoms with E-state index < -0.39 is 0 Å². The highest BCUT2D eigenvalue weighted by atomic mass is 16.5. The maximum atomic E-state index is 12.4. The highest BCUT2D eigenvalue weighted by Crippen LogP contribution is 2.12. The van der Waals surface area contributed by atoms with Crippen LogP contribution in [0.4, 0.5) is 0 Å². The standard InChI is InChI=1S/C19H28N2O4/c1-4-25-19(23)16-9-11-21(12-10-16)14(2)18(22)20-13-15-5-7-17(24-3)8-6-15/h5-8,14,16H,4,9-13H2,1-3H3,(H,20,22)/p+1/t14-/m1/s1. The molecule has 25 heavy (non-hydrogen) atoms. The van der Waals surface area contributed by atoms with Gasteiger partial charge in [-0.25, -0.2) is 0 Å². The minimum atomic E-state index is -0.124. The fourth-order valence-corrected chi connectivity index (χ4v) is 3.19. The molecule has 1 aromatic rings. The number of nitrogens with one attached hydrogen (secondary N) is 2. The molecular weight excluding hydrogens is 320 g/mol. The highest BCUT2D eigenvalue weighted by Gasteiger charge is 2.33. The van der Waals surface area contributed by atoms with Gasteiger partial charge in [0, 0.05) is 19.4 Å². The van der Waals surface area contributed by atoms with E-state index in [1.165, 1.54) is 4.90 Å². The molecule has 6 heteroatoms. The molecule has 1 heterocycles. The molecule has 0 aliphatic carbocycles. The summed E-state index contributed by atoms with van der Waals surface area (Å²) in [6.07, 6.45) is 1.56. The number of hydrogen-bond acceptors (Lipinski definition) is 4. The summed E-state index contributed by atoms with van der Waals surface area (Å²) in [6.45, 7) is 6.35. The Morgan fingerprint density at radius 3 is 2.44 bits per heavy atom. The zero-order chi connectivity index (χ0) is 18.2. The van der Waals surface area contributed by atoms with E-state index in [9.17, 15) is 9.59 Å². The molecule has 2 rings (SSSR count). The van der Waals surface area contributed by atoms with Crippen molar-refractivity contribution in [1.29, 1.82) is 0 Å². The fraction of sp³-hybridized carbons (Fsp3) is 0.579. The number of esters is 1. The van der Waals surface area contributed by atoms with Crippen LogP contribution in [0.2, 0.25) is 0 Å². The van der Waals surface area contributed by atoms with Gasteiger partial charge in [0.15, 0.2) is 6.04 Å². The van der Waals surface area contributed by atoms with Gasteiger partial charge in [0.1, 0.15) is 5.75 Å². The van der Waals surface area contributed by atoms with Crippen molar-refractivity contribution in [2.75, 3.05) is 26.8 Å². The molecule has 2 N–H and O–H groups in total. The Kier molecular flexibility index (Phi) is 7.25. The number of likely N-dealkylation sites (tertiary alicyclic amines) is 1. The molecular formula is C19H29N2O4+. The number of ether oxygens (including phenoxy) is 2. The van der Waals surface area contributed by atoms with Gasteiger partial charge in [-0.2, -0.15) is 0 Å². The van der Waals surface area contributed by atoms with Gasteiger partial charge < -0.3 is 19.7 Å². The average Bonchev–Trinajstić information content (AvgIpc) is 2.66.